The van der Waals surface area contributed by atoms with Gasteiger partial charge < -0.3 is 20.4 Å². The Balaban J connectivity index is 3.22. The quantitative estimate of drug-likeness (QED) is 0.541. The largest absolute Gasteiger partial charge is 0.481 e. The lowest BCUT2D eigenvalue weighted by Crippen LogP contribution is -2.55. The molecule has 0 aliphatic heterocycles. The predicted molar refractivity (Wildman–Crippen MR) is 116 cm³/mol. The van der Waals surface area contributed by atoms with Crippen LogP contribution in [-0.4, -0.2) is 46.3 Å². The smallest absolute Gasteiger partial charge is 0.417 e. The van der Waals surface area contributed by atoms with Gasteiger partial charge in [0.2, 0.25) is 5.91 Å². The Bertz CT molecular complexity index is 759. The van der Waals surface area contributed by atoms with E-state index in [1.807, 2.05) is 13.0 Å². The first kappa shape index (κ1) is 26.3. The van der Waals surface area contributed by atoms with E-state index in [2.05, 4.69) is 0 Å². The van der Waals surface area contributed by atoms with Crippen molar-refractivity contribution in [3.63, 3.8) is 0 Å². The Labute approximate surface area is 183 Å². The van der Waals surface area contributed by atoms with Crippen LogP contribution in [0.5, 0.6) is 0 Å². The number of imide groups is 1. The molecule has 0 heterocycles. The minimum absolute atomic E-state index is 0.102. The molecule has 0 radical (unpaired) electrons. The lowest BCUT2D eigenvalue weighted by atomic mass is 9.77. The standard InChI is InChI=1S/C23H34N2O6/c1-6-15(2)19(24)20(27)25(22(30)31-14-16-10-8-7-9-11-16)17(13-26)12-18(21(28)29)23(3,4)5/h7-11,13,15,17-19H,6,12,14,24H2,1-5H3,(H,28,29)/t15-,17-,18?,19-/m0/s1. The molecule has 1 rings (SSSR count). The SMILES string of the molecule is CC[C@H](C)[C@H](N)C(=O)N(C(=O)OCc1ccccc1)[C@H](C=O)CC(C(=O)O)C(C)(C)C. The summed E-state index contributed by atoms with van der Waals surface area (Å²) in [5.41, 5.74) is 6.06. The van der Waals surface area contributed by atoms with E-state index < -0.39 is 41.4 Å². The third-order valence-corrected chi connectivity index (χ3v) is 5.49. The number of carboxylic acids is 1. The van der Waals surface area contributed by atoms with Crippen LogP contribution in [0.1, 0.15) is 53.0 Å². The maximum Gasteiger partial charge on any atom is 0.417 e. The fourth-order valence-corrected chi connectivity index (χ4v) is 3.12. The monoisotopic (exact) mass is 434 g/mol. The van der Waals surface area contributed by atoms with E-state index >= 15 is 0 Å². The van der Waals surface area contributed by atoms with Gasteiger partial charge in [0.15, 0.2) is 0 Å². The van der Waals surface area contributed by atoms with Crippen molar-refractivity contribution in [2.75, 3.05) is 0 Å². The first-order chi connectivity index (χ1) is 14.4. The Morgan fingerprint density at radius 3 is 2.23 bits per heavy atom. The summed E-state index contributed by atoms with van der Waals surface area (Å²) >= 11 is 0. The van der Waals surface area contributed by atoms with E-state index in [-0.39, 0.29) is 18.9 Å². The van der Waals surface area contributed by atoms with Crippen LogP contribution >= 0.6 is 0 Å². The molecule has 1 aromatic rings. The normalized spacial score (nSPS) is 15.3. The summed E-state index contributed by atoms with van der Waals surface area (Å²) in [6.07, 6.45) is -0.262. The zero-order chi connectivity index (χ0) is 23.8. The molecule has 1 aromatic carbocycles. The van der Waals surface area contributed by atoms with E-state index in [0.717, 1.165) is 0 Å². The van der Waals surface area contributed by atoms with Crippen molar-refractivity contribution >= 4 is 24.3 Å². The van der Waals surface area contributed by atoms with Crippen molar-refractivity contribution < 1.29 is 29.0 Å². The van der Waals surface area contributed by atoms with E-state index in [1.165, 1.54) is 0 Å². The molecule has 31 heavy (non-hydrogen) atoms. The van der Waals surface area contributed by atoms with Crippen molar-refractivity contribution in [2.45, 2.75) is 66.2 Å². The molecule has 8 nitrogen and oxygen atoms in total. The number of ether oxygens (including phenoxy) is 1. The molecule has 1 unspecified atom stereocenters. The van der Waals surface area contributed by atoms with E-state index in [0.29, 0.717) is 23.2 Å². The highest BCUT2D eigenvalue weighted by atomic mass is 16.6. The van der Waals surface area contributed by atoms with Gasteiger partial charge in [-0.2, -0.15) is 0 Å². The van der Waals surface area contributed by atoms with Crippen molar-refractivity contribution in [3.05, 3.63) is 35.9 Å². The third kappa shape index (κ3) is 7.47. The number of nitrogens with zero attached hydrogens (tertiary/aromatic N) is 1. The van der Waals surface area contributed by atoms with Gasteiger partial charge >= 0.3 is 12.1 Å². The average Bonchev–Trinajstić information content (AvgIpc) is 2.72. The molecule has 0 fully saturated rings. The number of carboxylic acid groups (broad SMARTS) is 1. The average molecular weight is 435 g/mol. The molecule has 0 saturated heterocycles. The molecule has 172 valence electrons. The van der Waals surface area contributed by atoms with Crippen LogP contribution in [0.3, 0.4) is 0 Å². The van der Waals surface area contributed by atoms with Gasteiger partial charge in [-0.05, 0) is 23.3 Å². The fourth-order valence-electron chi connectivity index (χ4n) is 3.12. The van der Waals surface area contributed by atoms with Crippen molar-refractivity contribution in [2.24, 2.45) is 23.0 Å². The number of benzene rings is 1. The summed E-state index contributed by atoms with van der Waals surface area (Å²) in [6.45, 7) is 8.68. The number of amides is 2. The summed E-state index contributed by atoms with van der Waals surface area (Å²) in [5.74, 6) is -3.10. The van der Waals surface area contributed by atoms with Crippen molar-refractivity contribution in [1.29, 1.82) is 0 Å². The molecule has 2 amide bonds. The van der Waals surface area contributed by atoms with Crippen LogP contribution in [-0.2, 0) is 25.7 Å². The highest BCUT2D eigenvalue weighted by Crippen LogP contribution is 2.31. The lowest BCUT2D eigenvalue weighted by molar-refractivity contribution is -0.148. The number of carbonyl (C=O) groups excluding carboxylic acids is 3. The molecule has 3 N–H and O–H groups in total. The van der Waals surface area contributed by atoms with E-state index in [1.54, 1.807) is 52.0 Å². The summed E-state index contributed by atoms with van der Waals surface area (Å²) < 4.78 is 5.29. The number of aliphatic carboxylic acids is 1. The second-order valence-electron chi connectivity index (χ2n) is 8.86. The van der Waals surface area contributed by atoms with E-state index in [4.69, 9.17) is 10.5 Å². The molecule has 0 bridgehead atoms. The number of hydrogen-bond donors (Lipinski definition) is 2. The van der Waals surface area contributed by atoms with Crippen LogP contribution in [0, 0.1) is 17.3 Å². The number of nitrogens with two attached hydrogens (primary N) is 1. The summed E-state index contributed by atoms with van der Waals surface area (Å²) in [5, 5.41) is 9.64. The first-order valence-electron chi connectivity index (χ1n) is 10.4. The number of carbonyl (C=O) groups is 4. The minimum atomic E-state index is -1.31. The summed E-state index contributed by atoms with van der Waals surface area (Å²) in [4.78, 5) is 50.4. The number of hydrogen-bond acceptors (Lipinski definition) is 6. The van der Waals surface area contributed by atoms with Crippen LogP contribution in [0.25, 0.3) is 0 Å². The lowest BCUT2D eigenvalue weighted by Gasteiger charge is -2.34. The highest BCUT2D eigenvalue weighted by molar-refractivity contribution is 5.97. The zero-order valence-electron chi connectivity index (χ0n) is 18.9. The van der Waals surface area contributed by atoms with Gasteiger partial charge in [0.1, 0.15) is 12.9 Å². The van der Waals surface area contributed by atoms with Crippen LogP contribution < -0.4 is 5.73 Å². The third-order valence-electron chi connectivity index (χ3n) is 5.49. The van der Waals surface area contributed by atoms with E-state index in [9.17, 15) is 24.3 Å². The minimum Gasteiger partial charge on any atom is -0.481 e. The molecule has 0 saturated carbocycles. The van der Waals surface area contributed by atoms with Gasteiger partial charge in [-0.25, -0.2) is 9.69 Å². The Hall–Kier alpha value is -2.74. The molecule has 0 spiro atoms. The first-order valence-corrected chi connectivity index (χ1v) is 10.4. The maximum absolute atomic E-state index is 13.1. The predicted octanol–water partition coefficient (Wildman–Crippen LogP) is 3.23. The fraction of sp³-hybridized carbons (Fsp3) is 0.565. The van der Waals surface area contributed by atoms with Gasteiger partial charge in [-0.15, -0.1) is 0 Å². The van der Waals surface area contributed by atoms with Crippen LogP contribution in [0.2, 0.25) is 0 Å². The van der Waals surface area contributed by atoms with Gasteiger partial charge in [-0.3, -0.25) is 9.59 Å². The van der Waals surface area contributed by atoms with Crippen molar-refractivity contribution in [1.82, 2.24) is 4.90 Å². The summed E-state index contributed by atoms with van der Waals surface area (Å²) in [7, 11) is 0. The van der Waals surface area contributed by atoms with Gasteiger partial charge in [0.25, 0.3) is 0 Å². The second-order valence-corrected chi connectivity index (χ2v) is 8.86. The highest BCUT2D eigenvalue weighted by Gasteiger charge is 2.41. The molecule has 0 aliphatic rings. The molecular weight excluding hydrogens is 400 g/mol. The van der Waals surface area contributed by atoms with Gasteiger partial charge in [0.05, 0.1) is 18.0 Å². The Kier molecular flexibility index (Phi) is 9.84. The molecule has 8 heteroatoms. The van der Waals surface area contributed by atoms with Crippen molar-refractivity contribution in [3.8, 4) is 0 Å². The molecular formula is C23H34N2O6. The number of rotatable bonds is 10. The topological polar surface area (TPSA) is 127 Å². The van der Waals surface area contributed by atoms with Gasteiger partial charge in [0, 0.05) is 0 Å². The van der Waals surface area contributed by atoms with Crippen LogP contribution in [0.4, 0.5) is 4.79 Å². The van der Waals surface area contributed by atoms with Crippen LogP contribution in [0.15, 0.2) is 30.3 Å². The van der Waals surface area contributed by atoms with Gasteiger partial charge in [-0.1, -0.05) is 71.4 Å². The molecule has 4 atom stereocenters. The zero-order valence-corrected chi connectivity index (χ0v) is 18.9. The second kappa shape index (κ2) is 11.6. The molecule has 0 aliphatic carbocycles. The Morgan fingerprint density at radius 2 is 1.77 bits per heavy atom. The summed E-state index contributed by atoms with van der Waals surface area (Å²) in [6, 6.07) is 6.52. The number of aldehydes is 1. The Morgan fingerprint density at radius 1 is 1.19 bits per heavy atom. The molecule has 0 aromatic heterocycles. The maximum atomic E-state index is 13.1.